The van der Waals surface area contributed by atoms with Crippen LogP contribution >= 0.6 is 0 Å². The highest BCUT2D eigenvalue weighted by Gasteiger charge is 2.04. The number of aryl methyl sites for hydroxylation is 1. The van der Waals surface area contributed by atoms with Gasteiger partial charge in [-0.25, -0.2) is 0 Å². The fourth-order valence-corrected chi connectivity index (χ4v) is 1.78. The number of nitro groups is 1. The van der Waals surface area contributed by atoms with Crippen molar-refractivity contribution in [3.63, 3.8) is 0 Å². The molecule has 0 amide bonds. The van der Waals surface area contributed by atoms with Crippen molar-refractivity contribution in [1.29, 1.82) is 0 Å². The van der Waals surface area contributed by atoms with Crippen LogP contribution in [0.4, 0.5) is 11.4 Å². The van der Waals surface area contributed by atoms with E-state index < -0.39 is 4.92 Å². The van der Waals surface area contributed by atoms with E-state index in [1.807, 2.05) is 6.92 Å². The van der Waals surface area contributed by atoms with Gasteiger partial charge in [0.25, 0.3) is 5.69 Å². The van der Waals surface area contributed by atoms with Crippen molar-refractivity contribution in [3.05, 3.63) is 63.7 Å². The molecule has 0 radical (unpaired) electrons. The standard InChI is InChI=1S/C14H14N2O3/c1-10-8-13(17)6-7-14(10)15-9-11-2-4-12(5-3-11)16(18)19/h2-8,15,17H,9H2,1H3. The predicted octanol–water partition coefficient (Wildman–Crippen LogP) is 3.22. The molecular formula is C14H14N2O3. The van der Waals surface area contributed by atoms with E-state index in [4.69, 9.17) is 0 Å². The Bertz CT molecular complexity index is 594. The summed E-state index contributed by atoms with van der Waals surface area (Å²) in [4.78, 5) is 10.1. The largest absolute Gasteiger partial charge is 0.508 e. The summed E-state index contributed by atoms with van der Waals surface area (Å²) in [5.41, 5.74) is 2.92. The fraction of sp³-hybridized carbons (Fsp3) is 0.143. The van der Waals surface area contributed by atoms with Crippen LogP contribution < -0.4 is 5.32 Å². The first-order valence-electron chi connectivity index (χ1n) is 5.83. The topological polar surface area (TPSA) is 75.4 Å². The van der Waals surface area contributed by atoms with E-state index in [0.29, 0.717) is 6.54 Å². The highest BCUT2D eigenvalue weighted by Crippen LogP contribution is 2.21. The molecule has 5 heteroatoms. The van der Waals surface area contributed by atoms with Crippen molar-refractivity contribution in [1.82, 2.24) is 0 Å². The van der Waals surface area contributed by atoms with Crippen molar-refractivity contribution >= 4 is 11.4 Å². The Hall–Kier alpha value is -2.56. The third-order valence-corrected chi connectivity index (χ3v) is 2.84. The maximum absolute atomic E-state index is 10.5. The molecular weight excluding hydrogens is 244 g/mol. The van der Waals surface area contributed by atoms with Crippen molar-refractivity contribution in [2.45, 2.75) is 13.5 Å². The highest BCUT2D eigenvalue weighted by atomic mass is 16.6. The summed E-state index contributed by atoms with van der Waals surface area (Å²) in [7, 11) is 0. The van der Waals surface area contributed by atoms with E-state index in [9.17, 15) is 15.2 Å². The van der Waals surface area contributed by atoms with Gasteiger partial charge in [-0.15, -0.1) is 0 Å². The molecule has 0 saturated carbocycles. The Balaban J connectivity index is 2.04. The van der Waals surface area contributed by atoms with Crippen molar-refractivity contribution in [2.75, 3.05) is 5.32 Å². The second-order valence-corrected chi connectivity index (χ2v) is 4.28. The first kappa shape index (κ1) is 12.9. The molecule has 0 saturated heterocycles. The molecule has 5 nitrogen and oxygen atoms in total. The minimum Gasteiger partial charge on any atom is -0.508 e. The van der Waals surface area contributed by atoms with Gasteiger partial charge in [-0.2, -0.15) is 0 Å². The number of anilines is 1. The normalized spacial score (nSPS) is 10.2. The number of hydrogen-bond donors (Lipinski definition) is 2. The van der Waals surface area contributed by atoms with Crippen LogP contribution in [0.15, 0.2) is 42.5 Å². The minimum atomic E-state index is -0.415. The number of non-ortho nitro benzene ring substituents is 1. The predicted molar refractivity (Wildman–Crippen MR) is 73.3 cm³/mol. The van der Waals surface area contributed by atoms with Crippen molar-refractivity contribution < 1.29 is 10.0 Å². The second kappa shape index (κ2) is 5.39. The molecule has 0 aliphatic heterocycles. The number of aromatic hydroxyl groups is 1. The van der Waals surface area contributed by atoms with Crippen molar-refractivity contribution in [3.8, 4) is 5.75 Å². The van der Waals surface area contributed by atoms with Gasteiger partial charge in [0.15, 0.2) is 0 Å². The van der Waals surface area contributed by atoms with E-state index in [-0.39, 0.29) is 11.4 Å². The van der Waals surface area contributed by atoms with Crippen LogP contribution in [-0.2, 0) is 6.54 Å². The van der Waals surface area contributed by atoms with Crippen LogP contribution in [0.3, 0.4) is 0 Å². The zero-order valence-corrected chi connectivity index (χ0v) is 10.5. The first-order valence-corrected chi connectivity index (χ1v) is 5.83. The van der Waals surface area contributed by atoms with Gasteiger partial charge in [0, 0.05) is 24.4 Å². The Kier molecular flexibility index (Phi) is 3.66. The summed E-state index contributed by atoms with van der Waals surface area (Å²) in [6, 6.07) is 11.5. The van der Waals surface area contributed by atoms with E-state index in [0.717, 1.165) is 16.8 Å². The second-order valence-electron chi connectivity index (χ2n) is 4.28. The molecule has 0 fully saturated rings. The quantitative estimate of drug-likeness (QED) is 0.501. The Morgan fingerprint density at radius 2 is 1.89 bits per heavy atom. The molecule has 2 rings (SSSR count). The summed E-state index contributed by atoms with van der Waals surface area (Å²) in [6.45, 7) is 2.47. The molecule has 0 aromatic heterocycles. The molecule has 0 bridgehead atoms. The molecule has 0 heterocycles. The minimum absolute atomic E-state index is 0.0876. The van der Waals surface area contributed by atoms with Gasteiger partial charge in [-0.3, -0.25) is 10.1 Å². The van der Waals surface area contributed by atoms with Crippen LogP contribution in [0, 0.1) is 17.0 Å². The number of nitrogens with zero attached hydrogens (tertiary/aromatic N) is 1. The summed E-state index contributed by atoms with van der Waals surface area (Å²) < 4.78 is 0. The molecule has 0 atom stereocenters. The molecule has 98 valence electrons. The Morgan fingerprint density at radius 1 is 1.21 bits per heavy atom. The number of phenols is 1. The van der Waals surface area contributed by atoms with Gasteiger partial charge in [-0.1, -0.05) is 12.1 Å². The lowest BCUT2D eigenvalue weighted by Crippen LogP contribution is -2.01. The van der Waals surface area contributed by atoms with Crippen LogP contribution in [-0.4, -0.2) is 10.0 Å². The van der Waals surface area contributed by atoms with Crippen molar-refractivity contribution in [2.24, 2.45) is 0 Å². The molecule has 2 N–H and O–H groups in total. The van der Waals surface area contributed by atoms with Gasteiger partial charge >= 0.3 is 0 Å². The van der Waals surface area contributed by atoms with E-state index in [1.54, 1.807) is 30.3 Å². The number of nitrogens with one attached hydrogen (secondary N) is 1. The highest BCUT2D eigenvalue weighted by molar-refractivity contribution is 5.53. The number of nitro benzene ring substituents is 1. The summed E-state index contributed by atoms with van der Waals surface area (Å²) in [6.07, 6.45) is 0. The average Bonchev–Trinajstić information content (AvgIpc) is 2.38. The van der Waals surface area contributed by atoms with Gasteiger partial charge in [0.05, 0.1) is 4.92 Å². The molecule has 0 spiro atoms. The molecule has 19 heavy (non-hydrogen) atoms. The lowest BCUT2D eigenvalue weighted by atomic mass is 10.1. The average molecular weight is 258 g/mol. The lowest BCUT2D eigenvalue weighted by molar-refractivity contribution is -0.384. The monoisotopic (exact) mass is 258 g/mol. The van der Waals surface area contributed by atoms with Gasteiger partial charge in [0.2, 0.25) is 0 Å². The maximum atomic E-state index is 10.5. The Morgan fingerprint density at radius 3 is 2.47 bits per heavy atom. The van der Waals surface area contributed by atoms with Crippen LogP contribution in [0.1, 0.15) is 11.1 Å². The number of phenolic OH excluding ortho intramolecular Hbond substituents is 1. The molecule has 0 unspecified atom stereocenters. The molecule has 2 aromatic rings. The SMILES string of the molecule is Cc1cc(O)ccc1NCc1ccc([N+](=O)[O-])cc1. The smallest absolute Gasteiger partial charge is 0.269 e. The summed E-state index contributed by atoms with van der Waals surface area (Å²) in [5, 5.41) is 23.1. The molecule has 2 aromatic carbocycles. The first-order chi connectivity index (χ1) is 9.06. The summed E-state index contributed by atoms with van der Waals surface area (Å²) >= 11 is 0. The van der Waals surface area contributed by atoms with E-state index in [1.165, 1.54) is 12.1 Å². The van der Waals surface area contributed by atoms with Gasteiger partial charge in [0.1, 0.15) is 5.75 Å². The van der Waals surface area contributed by atoms with E-state index >= 15 is 0 Å². The van der Waals surface area contributed by atoms with Crippen LogP contribution in [0.5, 0.6) is 5.75 Å². The lowest BCUT2D eigenvalue weighted by Gasteiger charge is -2.09. The zero-order chi connectivity index (χ0) is 13.8. The van der Waals surface area contributed by atoms with Gasteiger partial charge in [-0.05, 0) is 36.2 Å². The summed E-state index contributed by atoms with van der Waals surface area (Å²) in [5.74, 6) is 0.235. The third-order valence-electron chi connectivity index (χ3n) is 2.84. The number of hydrogen-bond acceptors (Lipinski definition) is 4. The zero-order valence-electron chi connectivity index (χ0n) is 10.5. The van der Waals surface area contributed by atoms with Crippen LogP contribution in [0.2, 0.25) is 0 Å². The number of benzene rings is 2. The van der Waals surface area contributed by atoms with Gasteiger partial charge < -0.3 is 10.4 Å². The third kappa shape index (κ3) is 3.22. The fourth-order valence-electron chi connectivity index (χ4n) is 1.78. The maximum Gasteiger partial charge on any atom is 0.269 e. The molecule has 0 aliphatic carbocycles. The van der Waals surface area contributed by atoms with E-state index in [2.05, 4.69) is 5.32 Å². The molecule has 0 aliphatic rings. The van der Waals surface area contributed by atoms with Crippen LogP contribution in [0.25, 0.3) is 0 Å². The Labute approximate surface area is 110 Å². The number of rotatable bonds is 4.